The van der Waals surface area contributed by atoms with E-state index in [0.29, 0.717) is 6.42 Å². The van der Waals surface area contributed by atoms with Crippen LogP contribution >= 0.6 is 0 Å². The molecule has 0 unspecified atom stereocenters. The van der Waals surface area contributed by atoms with Gasteiger partial charge in [0.2, 0.25) is 17.8 Å². The second kappa shape index (κ2) is 3.00. The van der Waals surface area contributed by atoms with Crippen LogP contribution in [0.3, 0.4) is 0 Å². The predicted molar refractivity (Wildman–Crippen MR) is 39.7 cm³/mol. The summed E-state index contributed by atoms with van der Waals surface area (Å²) in [6.45, 7) is 1.74. The van der Waals surface area contributed by atoms with Crippen molar-refractivity contribution in [3.63, 3.8) is 0 Å². The zero-order chi connectivity index (χ0) is 8.27. The molecule has 1 amide bonds. The molecule has 0 saturated heterocycles. The summed E-state index contributed by atoms with van der Waals surface area (Å²) in [4.78, 5) is 14.4. The number of anilines is 2. The number of carbonyl (C=O) groups excluding carboxylic acids is 1. The van der Waals surface area contributed by atoms with Crippen molar-refractivity contribution in [3.8, 4) is 0 Å². The topological polar surface area (TPSA) is 96.7 Å². The molecule has 1 aromatic rings. The molecular formula is C5H9N5O. The van der Waals surface area contributed by atoms with Gasteiger partial charge in [-0.15, -0.1) is 5.10 Å². The standard InChI is InChI=1S/C5H9N5O/c1-2-3(11)7-5-8-4(6)9-10-5/h2H2,1H3,(H4,6,7,8,9,10,11). The largest absolute Gasteiger partial charge is 0.368 e. The van der Waals surface area contributed by atoms with Gasteiger partial charge in [-0.25, -0.2) is 5.10 Å². The van der Waals surface area contributed by atoms with E-state index in [1.165, 1.54) is 0 Å². The third kappa shape index (κ3) is 1.92. The molecule has 1 heterocycles. The van der Waals surface area contributed by atoms with Crippen molar-refractivity contribution in [2.45, 2.75) is 13.3 Å². The molecule has 0 fully saturated rings. The Bertz CT molecular complexity index is 255. The first-order valence-electron chi connectivity index (χ1n) is 3.20. The number of nitrogens with two attached hydrogens (primary N) is 1. The van der Waals surface area contributed by atoms with Crippen LogP contribution < -0.4 is 11.1 Å². The van der Waals surface area contributed by atoms with Crippen molar-refractivity contribution in [1.29, 1.82) is 0 Å². The molecule has 0 radical (unpaired) electrons. The van der Waals surface area contributed by atoms with E-state index in [-0.39, 0.29) is 17.8 Å². The van der Waals surface area contributed by atoms with Crippen LogP contribution in [-0.2, 0) is 4.79 Å². The van der Waals surface area contributed by atoms with Crippen molar-refractivity contribution < 1.29 is 4.79 Å². The Hall–Kier alpha value is -1.59. The Kier molecular flexibility index (Phi) is 2.05. The predicted octanol–water partition coefficient (Wildman–Crippen LogP) is -0.265. The zero-order valence-corrected chi connectivity index (χ0v) is 6.09. The fourth-order valence-electron chi connectivity index (χ4n) is 0.543. The number of nitrogen functional groups attached to an aromatic ring is 1. The van der Waals surface area contributed by atoms with E-state index in [0.717, 1.165) is 0 Å². The molecule has 0 saturated carbocycles. The molecule has 0 bridgehead atoms. The van der Waals surface area contributed by atoms with Gasteiger partial charge in [0.15, 0.2) is 0 Å². The Balaban J connectivity index is 2.57. The van der Waals surface area contributed by atoms with Gasteiger partial charge in [-0.1, -0.05) is 6.92 Å². The van der Waals surface area contributed by atoms with Crippen LogP contribution in [-0.4, -0.2) is 21.1 Å². The maximum atomic E-state index is 10.7. The van der Waals surface area contributed by atoms with Crippen LogP contribution in [0.1, 0.15) is 13.3 Å². The number of aromatic nitrogens is 3. The molecule has 11 heavy (non-hydrogen) atoms. The quantitative estimate of drug-likeness (QED) is 0.548. The molecule has 0 spiro atoms. The minimum absolute atomic E-state index is 0.135. The molecule has 6 heteroatoms. The number of rotatable bonds is 2. The molecule has 0 aliphatic carbocycles. The lowest BCUT2D eigenvalue weighted by molar-refractivity contribution is -0.115. The third-order valence-electron chi connectivity index (χ3n) is 1.08. The highest BCUT2D eigenvalue weighted by atomic mass is 16.1. The van der Waals surface area contributed by atoms with Crippen LogP contribution in [0.15, 0.2) is 0 Å². The molecule has 1 rings (SSSR count). The van der Waals surface area contributed by atoms with Crippen molar-refractivity contribution in [3.05, 3.63) is 0 Å². The smallest absolute Gasteiger partial charge is 0.250 e. The fraction of sp³-hybridized carbons (Fsp3) is 0.400. The van der Waals surface area contributed by atoms with E-state index in [1.54, 1.807) is 6.92 Å². The highest BCUT2D eigenvalue weighted by molar-refractivity contribution is 5.88. The van der Waals surface area contributed by atoms with Gasteiger partial charge in [-0.2, -0.15) is 4.98 Å². The maximum absolute atomic E-state index is 10.7. The SMILES string of the molecule is CCC(=O)Nc1n[nH]c(N)n1. The second-order valence-electron chi connectivity index (χ2n) is 1.95. The van der Waals surface area contributed by atoms with Crippen LogP contribution in [0.2, 0.25) is 0 Å². The Labute approximate surface area is 63.2 Å². The number of carbonyl (C=O) groups is 1. The van der Waals surface area contributed by atoms with Gasteiger partial charge >= 0.3 is 0 Å². The Morgan fingerprint density at radius 2 is 2.55 bits per heavy atom. The summed E-state index contributed by atoms with van der Waals surface area (Å²) >= 11 is 0. The van der Waals surface area contributed by atoms with Crippen LogP contribution in [0.25, 0.3) is 0 Å². The number of nitrogens with one attached hydrogen (secondary N) is 2. The molecule has 4 N–H and O–H groups in total. The summed E-state index contributed by atoms with van der Waals surface area (Å²) in [5.41, 5.74) is 5.22. The lowest BCUT2D eigenvalue weighted by atomic mass is 10.5. The fourth-order valence-corrected chi connectivity index (χ4v) is 0.543. The average molecular weight is 155 g/mol. The summed E-state index contributed by atoms with van der Waals surface area (Å²) in [5, 5.41) is 8.45. The zero-order valence-electron chi connectivity index (χ0n) is 6.09. The molecule has 1 aromatic heterocycles. The third-order valence-corrected chi connectivity index (χ3v) is 1.08. The summed E-state index contributed by atoms with van der Waals surface area (Å²) in [6, 6.07) is 0. The van der Waals surface area contributed by atoms with Gasteiger partial charge in [0.1, 0.15) is 0 Å². The lowest BCUT2D eigenvalue weighted by Crippen LogP contribution is -2.10. The van der Waals surface area contributed by atoms with Crippen LogP contribution in [0.5, 0.6) is 0 Å². The van der Waals surface area contributed by atoms with E-state index in [9.17, 15) is 4.79 Å². The van der Waals surface area contributed by atoms with Gasteiger partial charge < -0.3 is 5.73 Å². The van der Waals surface area contributed by atoms with Gasteiger partial charge in [0, 0.05) is 6.42 Å². The first-order chi connectivity index (χ1) is 5.22. The van der Waals surface area contributed by atoms with Gasteiger partial charge in [-0.3, -0.25) is 10.1 Å². The number of H-pyrrole nitrogens is 1. The summed E-state index contributed by atoms with van der Waals surface area (Å²) < 4.78 is 0. The number of amides is 1. The Morgan fingerprint density at radius 3 is 3.00 bits per heavy atom. The van der Waals surface area contributed by atoms with E-state index >= 15 is 0 Å². The number of hydrogen-bond acceptors (Lipinski definition) is 4. The second-order valence-corrected chi connectivity index (χ2v) is 1.95. The van der Waals surface area contributed by atoms with E-state index in [4.69, 9.17) is 5.73 Å². The first-order valence-corrected chi connectivity index (χ1v) is 3.20. The number of nitrogens with zero attached hydrogens (tertiary/aromatic N) is 2. The number of hydrogen-bond donors (Lipinski definition) is 3. The van der Waals surface area contributed by atoms with Crippen molar-refractivity contribution in [2.75, 3.05) is 11.1 Å². The van der Waals surface area contributed by atoms with Crippen LogP contribution in [0, 0.1) is 0 Å². The van der Waals surface area contributed by atoms with E-state index in [2.05, 4.69) is 20.5 Å². The van der Waals surface area contributed by atoms with Crippen molar-refractivity contribution >= 4 is 17.8 Å². The number of aromatic amines is 1. The summed E-state index contributed by atoms with van der Waals surface area (Å²) in [7, 11) is 0. The molecule has 0 aromatic carbocycles. The van der Waals surface area contributed by atoms with Crippen molar-refractivity contribution in [2.24, 2.45) is 0 Å². The molecule has 0 aliphatic heterocycles. The molecule has 0 aliphatic rings. The monoisotopic (exact) mass is 155 g/mol. The molecule has 0 atom stereocenters. The summed E-state index contributed by atoms with van der Waals surface area (Å²) in [6.07, 6.45) is 0.397. The van der Waals surface area contributed by atoms with Gasteiger partial charge in [-0.05, 0) is 0 Å². The minimum Gasteiger partial charge on any atom is -0.368 e. The average Bonchev–Trinajstić information content (AvgIpc) is 2.35. The molecular weight excluding hydrogens is 146 g/mol. The van der Waals surface area contributed by atoms with E-state index < -0.39 is 0 Å². The van der Waals surface area contributed by atoms with E-state index in [1.807, 2.05) is 0 Å². The Morgan fingerprint density at radius 1 is 1.82 bits per heavy atom. The van der Waals surface area contributed by atoms with Crippen LogP contribution in [0.4, 0.5) is 11.9 Å². The van der Waals surface area contributed by atoms with Gasteiger partial charge in [0.05, 0.1) is 0 Å². The summed E-state index contributed by atoms with van der Waals surface area (Å²) in [5.74, 6) is 0.273. The van der Waals surface area contributed by atoms with Crippen molar-refractivity contribution in [1.82, 2.24) is 15.2 Å². The maximum Gasteiger partial charge on any atom is 0.250 e. The molecule has 60 valence electrons. The first kappa shape index (κ1) is 7.52. The highest BCUT2D eigenvalue weighted by Gasteiger charge is 2.02. The highest BCUT2D eigenvalue weighted by Crippen LogP contribution is 1.98. The van der Waals surface area contributed by atoms with Gasteiger partial charge in [0.25, 0.3) is 0 Å². The minimum atomic E-state index is -0.135. The molecule has 6 nitrogen and oxygen atoms in total. The normalized spacial score (nSPS) is 9.55. The lowest BCUT2D eigenvalue weighted by Gasteiger charge is -1.93.